The minimum absolute atomic E-state index is 0.150. The Hall–Kier alpha value is -1.23. The van der Waals surface area contributed by atoms with Crippen LogP contribution in [-0.2, 0) is 0 Å². The van der Waals surface area contributed by atoms with Gasteiger partial charge in [0.15, 0.2) is 0 Å². The zero-order chi connectivity index (χ0) is 7.98. The minimum Gasteiger partial charge on any atom is -0.513 e. The van der Waals surface area contributed by atoms with Gasteiger partial charge in [0, 0.05) is 7.05 Å². The summed E-state index contributed by atoms with van der Waals surface area (Å²) in [4.78, 5) is 3.57. The molecule has 0 fully saturated rings. The van der Waals surface area contributed by atoms with Gasteiger partial charge in [0.05, 0.1) is 0 Å². The lowest BCUT2D eigenvalue weighted by Gasteiger charge is -2.03. The molecule has 0 aromatic rings. The predicted molar refractivity (Wildman–Crippen MR) is 38.5 cm³/mol. The molecule has 0 bridgehead atoms. The SMILES string of the molecule is CN=C(N)C(=CO)NCO. The van der Waals surface area contributed by atoms with Crippen molar-refractivity contribution >= 4 is 5.84 Å². The number of aliphatic hydroxyl groups is 2. The molecule has 0 aromatic carbocycles. The van der Waals surface area contributed by atoms with Crippen LogP contribution in [0.25, 0.3) is 0 Å². The van der Waals surface area contributed by atoms with E-state index in [0.717, 1.165) is 6.26 Å². The maximum Gasteiger partial charge on any atom is 0.145 e. The molecule has 0 heterocycles. The molecule has 10 heavy (non-hydrogen) atoms. The Morgan fingerprint density at radius 1 is 1.80 bits per heavy atom. The average Bonchev–Trinajstić information content (AvgIpc) is 1.99. The second kappa shape index (κ2) is 4.63. The van der Waals surface area contributed by atoms with Crippen molar-refractivity contribution in [3.8, 4) is 0 Å². The summed E-state index contributed by atoms with van der Waals surface area (Å²) in [6.45, 7) is -0.289. The number of amidine groups is 1. The molecular formula is C5H11N3O2. The summed E-state index contributed by atoms with van der Waals surface area (Å²) >= 11 is 0. The zero-order valence-corrected chi connectivity index (χ0v) is 5.70. The van der Waals surface area contributed by atoms with Gasteiger partial charge in [0.2, 0.25) is 0 Å². The summed E-state index contributed by atoms with van der Waals surface area (Å²) in [5, 5.41) is 19.2. The molecular weight excluding hydrogens is 134 g/mol. The summed E-state index contributed by atoms with van der Waals surface area (Å²) in [7, 11) is 1.48. The number of rotatable bonds is 3. The van der Waals surface area contributed by atoms with Gasteiger partial charge in [0.25, 0.3) is 0 Å². The second-order valence-electron chi connectivity index (χ2n) is 1.49. The standard InChI is InChI=1S/C5H11N3O2/c1-7-5(6)4(2-9)8-3-10/h2,8-10H,3H2,1H3,(H2,6,7). The molecule has 0 amide bonds. The fourth-order valence-corrected chi connectivity index (χ4v) is 0.408. The molecule has 0 saturated carbocycles. The van der Waals surface area contributed by atoms with Crippen LogP contribution in [0.2, 0.25) is 0 Å². The first-order valence-corrected chi connectivity index (χ1v) is 2.68. The highest BCUT2D eigenvalue weighted by molar-refractivity contribution is 5.95. The van der Waals surface area contributed by atoms with Crippen LogP contribution in [-0.4, -0.2) is 29.8 Å². The number of aliphatic hydroxyl groups excluding tert-OH is 2. The number of nitrogens with zero attached hydrogens (tertiary/aromatic N) is 1. The van der Waals surface area contributed by atoms with E-state index < -0.39 is 0 Å². The fraction of sp³-hybridized carbons (Fsp3) is 0.400. The third-order valence-electron chi connectivity index (χ3n) is 0.915. The summed E-state index contributed by atoms with van der Waals surface area (Å²) < 4.78 is 0. The normalized spacial score (nSPS) is 13.4. The van der Waals surface area contributed by atoms with Crippen LogP contribution in [0.1, 0.15) is 0 Å². The third kappa shape index (κ3) is 2.36. The zero-order valence-electron chi connectivity index (χ0n) is 5.70. The molecule has 0 rings (SSSR count). The Morgan fingerprint density at radius 2 is 2.40 bits per heavy atom. The Kier molecular flexibility index (Phi) is 4.06. The maximum absolute atomic E-state index is 8.46. The van der Waals surface area contributed by atoms with Gasteiger partial charge in [-0.3, -0.25) is 4.99 Å². The third-order valence-corrected chi connectivity index (χ3v) is 0.915. The number of hydrogen-bond acceptors (Lipinski definition) is 4. The van der Waals surface area contributed by atoms with Crippen molar-refractivity contribution in [1.82, 2.24) is 5.32 Å². The summed E-state index contributed by atoms with van der Waals surface area (Å²) in [6.07, 6.45) is 0.749. The van der Waals surface area contributed by atoms with Crippen LogP contribution in [0, 0.1) is 0 Å². The van der Waals surface area contributed by atoms with Crippen LogP contribution in [0.4, 0.5) is 0 Å². The van der Waals surface area contributed by atoms with Crippen molar-refractivity contribution in [3.05, 3.63) is 12.0 Å². The van der Waals surface area contributed by atoms with Gasteiger partial charge in [-0.2, -0.15) is 0 Å². The van der Waals surface area contributed by atoms with Crippen LogP contribution in [0.3, 0.4) is 0 Å². The smallest absolute Gasteiger partial charge is 0.145 e. The molecule has 0 saturated heterocycles. The van der Waals surface area contributed by atoms with Gasteiger partial charge in [-0.1, -0.05) is 0 Å². The predicted octanol–water partition coefficient (Wildman–Crippen LogP) is -1.09. The van der Waals surface area contributed by atoms with Gasteiger partial charge in [-0.15, -0.1) is 0 Å². The van der Waals surface area contributed by atoms with E-state index in [9.17, 15) is 0 Å². The van der Waals surface area contributed by atoms with E-state index in [4.69, 9.17) is 15.9 Å². The van der Waals surface area contributed by atoms with E-state index >= 15 is 0 Å². The molecule has 0 radical (unpaired) electrons. The van der Waals surface area contributed by atoms with Crippen molar-refractivity contribution in [1.29, 1.82) is 0 Å². The van der Waals surface area contributed by atoms with Crippen LogP contribution in [0.5, 0.6) is 0 Å². The number of nitrogens with one attached hydrogen (secondary N) is 1. The van der Waals surface area contributed by atoms with Crippen LogP contribution in [0.15, 0.2) is 17.0 Å². The number of aliphatic imine (C=N–C) groups is 1. The quantitative estimate of drug-likeness (QED) is 0.176. The van der Waals surface area contributed by atoms with E-state index in [1.807, 2.05) is 0 Å². The van der Waals surface area contributed by atoms with Gasteiger partial charge in [-0.25, -0.2) is 0 Å². The molecule has 5 nitrogen and oxygen atoms in total. The molecule has 5 heteroatoms. The monoisotopic (exact) mass is 145 g/mol. The Labute approximate surface area is 58.9 Å². The van der Waals surface area contributed by atoms with Gasteiger partial charge >= 0.3 is 0 Å². The molecule has 0 atom stereocenters. The largest absolute Gasteiger partial charge is 0.513 e. The highest BCUT2D eigenvalue weighted by atomic mass is 16.3. The number of hydrogen-bond donors (Lipinski definition) is 4. The molecule has 0 aromatic heterocycles. The molecule has 0 aliphatic rings. The maximum atomic E-state index is 8.46. The summed E-state index contributed by atoms with van der Waals surface area (Å²) in [5.74, 6) is 0.150. The van der Waals surface area contributed by atoms with Crippen molar-refractivity contribution in [2.24, 2.45) is 10.7 Å². The van der Waals surface area contributed by atoms with E-state index in [0.29, 0.717) is 0 Å². The van der Waals surface area contributed by atoms with Crippen molar-refractivity contribution in [2.75, 3.05) is 13.8 Å². The fourth-order valence-electron chi connectivity index (χ4n) is 0.408. The van der Waals surface area contributed by atoms with E-state index in [-0.39, 0.29) is 18.3 Å². The lowest BCUT2D eigenvalue weighted by atomic mass is 10.4. The highest BCUT2D eigenvalue weighted by Crippen LogP contribution is 1.84. The number of nitrogens with two attached hydrogens (primary N) is 1. The first kappa shape index (κ1) is 8.77. The summed E-state index contributed by atoms with van der Waals surface area (Å²) in [5.41, 5.74) is 5.47. The second-order valence-corrected chi connectivity index (χ2v) is 1.49. The highest BCUT2D eigenvalue weighted by Gasteiger charge is 1.97. The van der Waals surface area contributed by atoms with Crippen molar-refractivity contribution in [2.45, 2.75) is 0 Å². The molecule has 0 aliphatic heterocycles. The van der Waals surface area contributed by atoms with E-state index in [2.05, 4.69) is 10.3 Å². The van der Waals surface area contributed by atoms with E-state index in [1.54, 1.807) is 0 Å². The average molecular weight is 145 g/mol. The molecule has 0 aliphatic carbocycles. The molecule has 58 valence electrons. The van der Waals surface area contributed by atoms with Crippen LogP contribution < -0.4 is 11.1 Å². The topological polar surface area (TPSA) is 90.9 Å². The van der Waals surface area contributed by atoms with Crippen LogP contribution >= 0.6 is 0 Å². The molecule has 5 N–H and O–H groups in total. The van der Waals surface area contributed by atoms with Gasteiger partial charge < -0.3 is 21.3 Å². The van der Waals surface area contributed by atoms with Crippen molar-refractivity contribution in [3.63, 3.8) is 0 Å². The Bertz CT molecular complexity index is 153. The lowest BCUT2D eigenvalue weighted by molar-refractivity contribution is 0.275. The van der Waals surface area contributed by atoms with Gasteiger partial charge in [0.1, 0.15) is 24.5 Å². The minimum atomic E-state index is -0.289. The Morgan fingerprint density at radius 3 is 2.70 bits per heavy atom. The molecule has 0 spiro atoms. The first-order chi connectivity index (χ1) is 4.76. The first-order valence-electron chi connectivity index (χ1n) is 2.68. The van der Waals surface area contributed by atoms with Gasteiger partial charge in [-0.05, 0) is 0 Å². The Balaban J connectivity index is 4.09. The molecule has 0 unspecified atom stereocenters. The summed E-state index contributed by atoms with van der Waals surface area (Å²) in [6, 6.07) is 0. The van der Waals surface area contributed by atoms with E-state index in [1.165, 1.54) is 7.05 Å². The van der Waals surface area contributed by atoms with Crippen molar-refractivity contribution < 1.29 is 10.2 Å². The lowest BCUT2D eigenvalue weighted by Crippen LogP contribution is -2.27.